The minimum atomic E-state index is -0.410. The molecule has 3 nitrogen and oxygen atoms in total. The van der Waals surface area contributed by atoms with E-state index in [1.165, 1.54) is 0 Å². The van der Waals surface area contributed by atoms with Crippen molar-refractivity contribution in [2.24, 2.45) is 7.05 Å². The third-order valence-corrected chi connectivity index (χ3v) is 2.05. The molecule has 0 aliphatic carbocycles. The van der Waals surface area contributed by atoms with E-state index < -0.39 is 6.10 Å². The highest BCUT2D eigenvalue weighted by Gasteiger charge is 2.11. The maximum atomic E-state index is 9.74. The molecular formula is C10H16N2O. The average molecular weight is 180 g/mol. The quantitative estimate of drug-likeness (QED) is 0.716. The lowest BCUT2D eigenvalue weighted by molar-refractivity contribution is 0.168. The molecule has 0 saturated heterocycles. The van der Waals surface area contributed by atoms with Crippen LogP contribution < -0.4 is 0 Å². The summed E-state index contributed by atoms with van der Waals surface area (Å²) in [5.74, 6) is 0. The van der Waals surface area contributed by atoms with Gasteiger partial charge in [-0.2, -0.15) is 5.10 Å². The smallest absolute Gasteiger partial charge is 0.0826 e. The Morgan fingerprint density at radius 3 is 2.92 bits per heavy atom. The molecule has 1 aromatic rings. The molecule has 3 heteroatoms. The maximum Gasteiger partial charge on any atom is 0.0826 e. The molecule has 0 aliphatic rings. The molecule has 0 bridgehead atoms. The summed E-state index contributed by atoms with van der Waals surface area (Å²) in [5.41, 5.74) is 1.82. The monoisotopic (exact) mass is 180 g/mol. The third kappa shape index (κ3) is 2.42. The zero-order valence-corrected chi connectivity index (χ0v) is 8.20. The van der Waals surface area contributed by atoms with Gasteiger partial charge in [-0.25, -0.2) is 0 Å². The molecule has 13 heavy (non-hydrogen) atoms. The summed E-state index contributed by atoms with van der Waals surface area (Å²) < 4.78 is 1.72. The summed E-state index contributed by atoms with van der Waals surface area (Å²) in [7, 11) is 1.86. The van der Waals surface area contributed by atoms with Crippen LogP contribution >= 0.6 is 0 Å². The molecule has 1 aromatic heterocycles. The van der Waals surface area contributed by atoms with Gasteiger partial charge in [-0.05, 0) is 19.8 Å². The van der Waals surface area contributed by atoms with E-state index in [2.05, 4.69) is 11.7 Å². The van der Waals surface area contributed by atoms with Crippen LogP contribution in [0.2, 0.25) is 0 Å². The van der Waals surface area contributed by atoms with Crippen LogP contribution in [0.25, 0.3) is 0 Å². The first-order valence-electron chi connectivity index (χ1n) is 4.44. The maximum absolute atomic E-state index is 9.74. The van der Waals surface area contributed by atoms with Gasteiger partial charge >= 0.3 is 0 Å². The minimum Gasteiger partial charge on any atom is -0.388 e. The summed E-state index contributed by atoms with van der Waals surface area (Å²) >= 11 is 0. The number of allylic oxidation sites excluding steroid dienone is 1. The fourth-order valence-corrected chi connectivity index (χ4v) is 1.38. The molecule has 0 radical (unpaired) electrons. The van der Waals surface area contributed by atoms with Gasteiger partial charge in [0.05, 0.1) is 11.8 Å². The summed E-state index contributed by atoms with van der Waals surface area (Å²) in [4.78, 5) is 0. The van der Waals surface area contributed by atoms with E-state index in [9.17, 15) is 5.11 Å². The molecule has 1 N–H and O–H groups in total. The second-order valence-corrected chi connectivity index (χ2v) is 3.23. The topological polar surface area (TPSA) is 38.0 Å². The van der Waals surface area contributed by atoms with Crippen molar-refractivity contribution in [2.75, 3.05) is 0 Å². The normalized spacial score (nSPS) is 12.8. The SMILES string of the molecule is C=CCCC(O)c1cn(C)nc1C. The van der Waals surface area contributed by atoms with Gasteiger partial charge in [0.2, 0.25) is 0 Å². The molecule has 0 aliphatic heterocycles. The Morgan fingerprint density at radius 1 is 1.77 bits per heavy atom. The van der Waals surface area contributed by atoms with E-state index in [1.807, 2.05) is 26.2 Å². The van der Waals surface area contributed by atoms with Gasteiger partial charge in [0.15, 0.2) is 0 Å². The molecule has 0 amide bonds. The number of hydrogen-bond acceptors (Lipinski definition) is 2. The van der Waals surface area contributed by atoms with E-state index in [-0.39, 0.29) is 0 Å². The Bertz CT molecular complexity index is 291. The van der Waals surface area contributed by atoms with Crippen LogP contribution in [0, 0.1) is 6.92 Å². The Hall–Kier alpha value is -1.09. The minimum absolute atomic E-state index is 0.410. The van der Waals surface area contributed by atoms with Crippen LogP contribution in [0.5, 0.6) is 0 Å². The number of aliphatic hydroxyl groups excluding tert-OH is 1. The van der Waals surface area contributed by atoms with Crippen molar-refractivity contribution >= 4 is 0 Å². The van der Waals surface area contributed by atoms with Crippen molar-refractivity contribution in [1.82, 2.24) is 9.78 Å². The Labute approximate surface area is 78.7 Å². The number of aryl methyl sites for hydroxylation is 2. The lowest BCUT2D eigenvalue weighted by atomic mass is 10.1. The summed E-state index contributed by atoms with van der Waals surface area (Å²) in [5, 5.41) is 13.9. The highest BCUT2D eigenvalue weighted by molar-refractivity contribution is 5.18. The number of aromatic nitrogens is 2. The zero-order chi connectivity index (χ0) is 9.84. The van der Waals surface area contributed by atoms with Crippen molar-refractivity contribution in [2.45, 2.75) is 25.9 Å². The van der Waals surface area contributed by atoms with Crippen molar-refractivity contribution in [3.05, 3.63) is 30.1 Å². The van der Waals surface area contributed by atoms with Crippen molar-refractivity contribution in [1.29, 1.82) is 0 Å². The van der Waals surface area contributed by atoms with Gasteiger partial charge in [0.25, 0.3) is 0 Å². The van der Waals surface area contributed by atoms with Crippen LogP contribution in [-0.4, -0.2) is 14.9 Å². The van der Waals surface area contributed by atoms with Crippen LogP contribution in [0.4, 0.5) is 0 Å². The van der Waals surface area contributed by atoms with Crippen molar-refractivity contribution < 1.29 is 5.11 Å². The third-order valence-electron chi connectivity index (χ3n) is 2.05. The zero-order valence-electron chi connectivity index (χ0n) is 8.20. The van der Waals surface area contributed by atoms with Gasteiger partial charge in [0.1, 0.15) is 0 Å². The predicted molar refractivity (Wildman–Crippen MR) is 52.3 cm³/mol. The van der Waals surface area contributed by atoms with Crippen molar-refractivity contribution in [3.8, 4) is 0 Å². The van der Waals surface area contributed by atoms with E-state index in [1.54, 1.807) is 4.68 Å². The summed E-state index contributed by atoms with van der Waals surface area (Å²) in [6.07, 6.45) is 4.82. The second-order valence-electron chi connectivity index (χ2n) is 3.23. The fraction of sp³-hybridized carbons (Fsp3) is 0.500. The van der Waals surface area contributed by atoms with Gasteiger partial charge < -0.3 is 5.11 Å². The molecular weight excluding hydrogens is 164 g/mol. The molecule has 1 rings (SSSR count). The first-order valence-corrected chi connectivity index (χ1v) is 4.44. The lowest BCUT2D eigenvalue weighted by Gasteiger charge is -2.06. The summed E-state index contributed by atoms with van der Waals surface area (Å²) in [6, 6.07) is 0. The van der Waals surface area contributed by atoms with Gasteiger partial charge in [-0.3, -0.25) is 4.68 Å². The van der Waals surface area contributed by atoms with E-state index in [4.69, 9.17) is 0 Å². The Kier molecular flexibility index (Phi) is 3.25. The molecule has 72 valence electrons. The molecule has 1 unspecified atom stereocenters. The molecule has 0 saturated carbocycles. The standard InChI is InChI=1S/C10H16N2O/c1-4-5-6-10(13)9-7-12(3)11-8(9)2/h4,7,10,13H,1,5-6H2,2-3H3. The highest BCUT2D eigenvalue weighted by atomic mass is 16.3. The predicted octanol–water partition coefficient (Wildman–Crippen LogP) is 1.73. The van der Waals surface area contributed by atoms with E-state index in [0.29, 0.717) is 0 Å². The van der Waals surface area contributed by atoms with Crippen LogP contribution in [0.1, 0.15) is 30.2 Å². The first-order chi connectivity index (χ1) is 6.15. The number of nitrogens with zero attached hydrogens (tertiary/aromatic N) is 2. The molecule has 1 atom stereocenters. The molecule has 1 heterocycles. The fourth-order valence-electron chi connectivity index (χ4n) is 1.38. The summed E-state index contributed by atoms with van der Waals surface area (Å²) in [6.45, 7) is 5.53. The highest BCUT2D eigenvalue weighted by Crippen LogP contribution is 2.20. The number of rotatable bonds is 4. The van der Waals surface area contributed by atoms with E-state index >= 15 is 0 Å². The first kappa shape index (κ1) is 9.99. The molecule has 0 fully saturated rings. The largest absolute Gasteiger partial charge is 0.388 e. The van der Waals surface area contributed by atoms with Gasteiger partial charge in [-0.15, -0.1) is 6.58 Å². The van der Waals surface area contributed by atoms with Gasteiger partial charge in [0, 0.05) is 18.8 Å². The number of hydrogen-bond donors (Lipinski definition) is 1. The van der Waals surface area contributed by atoms with Crippen LogP contribution in [0.3, 0.4) is 0 Å². The van der Waals surface area contributed by atoms with Crippen LogP contribution in [-0.2, 0) is 7.05 Å². The Morgan fingerprint density at radius 2 is 2.46 bits per heavy atom. The molecule has 0 spiro atoms. The Balaban J connectivity index is 2.69. The second kappa shape index (κ2) is 4.23. The lowest BCUT2D eigenvalue weighted by Crippen LogP contribution is -1.97. The number of aliphatic hydroxyl groups is 1. The van der Waals surface area contributed by atoms with Crippen molar-refractivity contribution in [3.63, 3.8) is 0 Å². The van der Waals surface area contributed by atoms with Gasteiger partial charge in [-0.1, -0.05) is 6.08 Å². The van der Waals surface area contributed by atoms with E-state index in [0.717, 1.165) is 24.1 Å². The molecule has 0 aromatic carbocycles. The average Bonchev–Trinajstić information content (AvgIpc) is 2.41. The van der Waals surface area contributed by atoms with Crippen LogP contribution in [0.15, 0.2) is 18.9 Å².